The molecular formula is C26H44O7. The second-order valence-electron chi connectivity index (χ2n) is 9.94. The van der Waals surface area contributed by atoms with Gasteiger partial charge in [-0.3, -0.25) is 4.79 Å². The second kappa shape index (κ2) is 12.5. The lowest BCUT2D eigenvalue weighted by molar-refractivity contribution is -0.152. The van der Waals surface area contributed by atoms with Crippen LogP contribution in [0.5, 0.6) is 0 Å². The molecule has 9 atom stereocenters. The number of rotatable bonds is 12. The molecule has 1 N–H and O–H groups in total. The normalized spacial score (nSPS) is 34.0. The molecule has 2 heterocycles. The summed E-state index contributed by atoms with van der Waals surface area (Å²) in [6.45, 7) is 10.2. The van der Waals surface area contributed by atoms with E-state index in [0.29, 0.717) is 5.92 Å². The maximum atomic E-state index is 11.6. The van der Waals surface area contributed by atoms with Gasteiger partial charge in [-0.05, 0) is 51.5 Å². The van der Waals surface area contributed by atoms with Crippen LogP contribution in [0.4, 0.5) is 0 Å². The van der Waals surface area contributed by atoms with Crippen LogP contribution in [0.1, 0.15) is 60.3 Å². The summed E-state index contributed by atoms with van der Waals surface area (Å²) in [5, 5.41) is 9.96. The molecule has 2 aliphatic heterocycles. The van der Waals surface area contributed by atoms with Crippen LogP contribution >= 0.6 is 0 Å². The minimum absolute atomic E-state index is 0.0235. The minimum atomic E-state index is -0.533. The zero-order valence-corrected chi connectivity index (χ0v) is 21.6. The highest BCUT2D eigenvalue weighted by atomic mass is 16.6. The van der Waals surface area contributed by atoms with E-state index in [9.17, 15) is 9.90 Å². The van der Waals surface area contributed by atoms with E-state index in [1.54, 1.807) is 21.1 Å². The number of aliphatic hydroxyl groups excluding tert-OH is 1. The van der Waals surface area contributed by atoms with Gasteiger partial charge in [0.2, 0.25) is 0 Å². The van der Waals surface area contributed by atoms with E-state index in [-0.39, 0.29) is 54.4 Å². The highest BCUT2D eigenvalue weighted by molar-refractivity contribution is 5.69. The van der Waals surface area contributed by atoms with Gasteiger partial charge in [0, 0.05) is 20.1 Å². The van der Waals surface area contributed by atoms with Gasteiger partial charge in [0.25, 0.3) is 0 Å². The average Bonchev–Trinajstić information content (AvgIpc) is 3.43. The van der Waals surface area contributed by atoms with Crippen LogP contribution in [-0.2, 0) is 28.5 Å². The lowest BCUT2D eigenvalue weighted by atomic mass is 9.86. The van der Waals surface area contributed by atoms with E-state index < -0.39 is 6.10 Å². The Morgan fingerprint density at radius 3 is 2.48 bits per heavy atom. The number of aliphatic hydroxyl groups is 1. The van der Waals surface area contributed by atoms with Crippen LogP contribution in [0.25, 0.3) is 0 Å². The summed E-state index contributed by atoms with van der Waals surface area (Å²) < 4.78 is 28.1. The van der Waals surface area contributed by atoms with Crippen LogP contribution < -0.4 is 0 Å². The van der Waals surface area contributed by atoms with Crippen LogP contribution in [0.15, 0.2) is 23.8 Å². The zero-order chi connectivity index (χ0) is 24.8. The van der Waals surface area contributed by atoms with Crippen molar-refractivity contribution in [3.63, 3.8) is 0 Å². The van der Waals surface area contributed by atoms with Gasteiger partial charge < -0.3 is 28.8 Å². The van der Waals surface area contributed by atoms with Crippen LogP contribution in [-0.4, -0.2) is 74.6 Å². The van der Waals surface area contributed by atoms with Crippen molar-refractivity contribution in [3.05, 3.63) is 23.8 Å². The van der Waals surface area contributed by atoms with Crippen LogP contribution in [0.3, 0.4) is 0 Å². The highest BCUT2D eigenvalue weighted by Gasteiger charge is 2.56. The highest BCUT2D eigenvalue weighted by Crippen LogP contribution is 2.47. The third kappa shape index (κ3) is 7.62. The molecule has 0 saturated carbocycles. The number of methoxy groups -OCH3 is 3. The molecule has 0 aliphatic carbocycles. The Balaban J connectivity index is 1.92. The number of epoxide rings is 1. The van der Waals surface area contributed by atoms with E-state index in [0.717, 1.165) is 24.8 Å². The number of hydrogen-bond acceptors (Lipinski definition) is 7. The SMILES string of the molecule is COC(=O)C[C@H]1CC[C@H](OC)[C@@H](/C(C)=C/C=C/[C@@H](C)C[C@@]2(C)O[C@@H]2[C@H](C)[C@@H](OC)[C@@H](C)O)O1. The van der Waals surface area contributed by atoms with Gasteiger partial charge in [-0.15, -0.1) is 0 Å². The average molecular weight is 469 g/mol. The molecule has 0 unspecified atom stereocenters. The van der Waals surface area contributed by atoms with Crippen molar-refractivity contribution in [2.24, 2.45) is 11.8 Å². The molecular weight excluding hydrogens is 424 g/mol. The first-order valence-corrected chi connectivity index (χ1v) is 12.0. The molecule has 190 valence electrons. The minimum Gasteiger partial charge on any atom is -0.469 e. The standard InChI is InChI=1S/C26H44O7/c1-16(15-26(5)25(33-26)18(3)24(31-8)19(4)27)10-9-11-17(2)23-21(29-6)13-12-20(32-23)14-22(28)30-7/h9-11,16,18-21,23-25,27H,12-15H2,1-8H3/b10-9+,17-11+/t16-,18-,19-,20-,21+,23-,24-,25-,26-/m1/s1. The molecule has 7 heteroatoms. The lowest BCUT2D eigenvalue weighted by Crippen LogP contribution is -2.41. The molecule has 0 bridgehead atoms. The zero-order valence-electron chi connectivity index (χ0n) is 21.6. The fourth-order valence-electron chi connectivity index (χ4n) is 5.23. The van der Waals surface area contributed by atoms with E-state index in [2.05, 4.69) is 39.0 Å². The Morgan fingerprint density at radius 2 is 1.91 bits per heavy atom. The van der Waals surface area contributed by atoms with Gasteiger partial charge in [0.1, 0.15) is 6.10 Å². The largest absolute Gasteiger partial charge is 0.469 e. The lowest BCUT2D eigenvalue weighted by Gasteiger charge is -2.36. The Bertz CT molecular complexity index is 688. The fourth-order valence-corrected chi connectivity index (χ4v) is 5.23. The van der Waals surface area contributed by atoms with E-state index in [1.165, 1.54) is 7.11 Å². The maximum absolute atomic E-state index is 11.6. The van der Waals surface area contributed by atoms with Crippen molar-refractivity contribution in [1.29, 1.82) is 0 Å². The van der Waals surface area contributed by atoms with Crippen molar-refractivity contribution < 1.29 is 33.6 Å². The summed E-state index contributed by atoms with van der Waals surface area (Å²) in [5.74, 6) is 0.186. The predicted molar refractivity (Wildman–Crippen MR) is 127 cm³/mol. The third-order valence-corrected chi connectivity index (χ3v) is 7.03. The van der Waals surface area contributed by atoms with Gasteiger partial charge in [-0.25, -0.2) is 0 Å². The quantitative estimate of drug-likeness (QED) is 0.265. The van der Waals surface area contributed by atoms with Gasteiger partial charge in [-0.2, -0.15) is 0 Å². The second-order valence-corrected chi connectivity index (χ2v) is 9.94. The van der Waals surface area contributed by atoms with Crippen LogP contribution in [0, 0.1) is 11.8 Å². The fraction of sp³-hybridized carbons (Fsp3) is 0.808. The van der Waals surface area contributed by atoms with Crippen LogP contribution in [0.2, 0.25) is 0 Å². The Kier molecular flexibility index (Phi) is 10.6. The van der Waals surface area contributed by atoms with E-state index >= 15 is 0 Å². The smallest absolute Gasteiger partial charge is 0.308 e. The molecule has 0 amide bonds. The van der Waals surface area contributed by atoms with E-state index in [4.69, 9.17) is 23.7 Å². The summed E-state index contributed by atoms with van der Waals surface area (Å²) in [5.41, 5.74) is 0.864. The van der Waals surface area contributed by atoms with Crippen molar-refractivity contribution in [2.45, 2.75) is 103 Å². The molecule has 2 fully saturated rings. The maximum Gasteiger partial charge on any atom is 0.308 e. The van der Waals surface area contributed by atoms with E-state index in [1.807, 2.05) is 6.92 Å². The number of esters is 1. The number of carbonyl (C=O) groups excluding carboxylic acids is 1. The number of ether oxygens (including phenoxy) is 5. The molecule has 0 aromatic rings. The summed E-state index contributed by atoms with van der Waals surface area (Å²) >= 11 is 0. The topological polar surface area (TPSA) is 86.8 Å². The Hall–Kier alpha value is -1.25. The molecule has 33 heavy (non-hydrogen) atoms. The van der Waals surface area contributed by atoms with Gasteiger partial charge in [0.05, 0.1) is 49.7 Å². The number of allylic oxidation sites excluding steroid dienone is 3. The van der Waals surface area contributed by atoms with Gasteiger partial charge >= 0.3 is 5.97 Å². The number of hydrogen-bond donors (Lipinski definition) is 1. The summed E-state index contributed by atoms with van der Waals surface area (Å²) in [4.78, 5) is 11.6. The molecule has 2 rings (SSSR count). The van der Waals surface area contributed by atoms with Crippen molar-refractivity contribution in [3.8, 4) is 0 Å². The van der Waals surface area contributed by atoms with Gasteiger partial charge in [0.15, 0.2) is 0 Å². The van der Waals surface area contributed by atoms with Crippen molar-refractivity contribution in [1.82, 2.24) is 0 Å². The molecule has 0 spiro atoms. The Morgan fingerprint density at radius 1 is 1.21 bits per heavy atom. The molecule has 2 aliphatic rings. The molecule has 2 saturated heterocycles. The molecule has 0 aromatic heterocycles. The van der Waals surface area contributed by atoms with Crippen molar-refractivity contribution in [2.75, 3.05) is 21.3 Å². The third-order valence-electron chi connectivity index (χ3n) is 7.03. The molecule has 7 nitrogen and oxygen atoms in total. The van der Waals surface area contributed by atoms with Crippen molar-refractivity contribution >= 4 is 5.97 Å². The monoisotopic (exact) mass is 468 g/mol. The number of carbonyl (C=O) groups is 1. The summed E-state index contributed by atoms with van der Waals surface area (Å²) in [6.07, 6.45) is 8.05. The first-order chi connectivity index (χ1) is 15.6. The summed E-state index contributed by atoms with van der Waals surface area (Å²) in [7, 11) is 4.73. The first kappa shape index (κ1) is 28.0. The predicted octanol–water partition coefficient (Wildman–Crippen LogP) is 3.83. The summed E-state index contributed by atoms with van der Waals surface area (Å²) in [6, 6.07) is 0. The molecule has 0 aromatic carbocycles. The Labute approximate surface area is 199 Å². The first-order valence-electron chi connectivity index (χ1n) is 12.0. The van der Waals surface area contributed by atoms with Gasteiger partial charge in [-0.1, -0.05) is 32.1 Å². The molecule has 0 radical (unpaired) electrons.